The molecule has 1 N–H and O–H groups in total. The van der Waals surface area contributed by atoms with Crippen molar-refractivity contribution in [2.24, 2.45) is 5.92 Å². The molecule has 1 aliphatic carbocycles. The average Bonchev–Trinajstić information content (AvgIpc) is 3.52. The normalized spacial score (nSPS) is 19.3. The van der Waals surface area contributed by atoms with E-state index in [0.29, 0.717) is 30.4 Å². The van der Waals surface area contributed by atoms with E-state index in [0.717, 1.165) is 42.8 Å². The van der Waals surface area contributed by atoms with Crippen LogP contribution in [0.3, 0.4) is 0 Å². The second-order valence-corrected chi connectivity index (χ2v) is 9.84. The number of nitriles is 1. The van der Waals surface area contributed by atoms with Gasteiger partial charge in [-0.05, 0) is 73.5 Å². The molecule has 1 aromatic carbocycles. The Kier molecular flexibility index (Phi) is 6.92. The third-order valence-corrected chi connectivity index (χ3v) is 7.61. The minimum atomic E-state index is 0.210. The fraction of sp³-hybridized carbons (Fsp3) is 0.464. The number of aromatic nitrogens is 2. The maximum absolute atomic E-state index is 13.3. The molecule has 1 saturated heterocycles. The van der Waals surface area contributed by atoms with Gasteiger partial charge in [0.1, 0.15) is 5.82 Å². The van der Waals surface area contributed by atoms with E-state index in [-0.39, 0.29) is 5.91 Å². The highest BCUT2D eigenvalue weighted by Crippen LogP contribution is 2.33. The molecular formula is C28H33N5O. The lowest BCUT2D eigenvalue weighted by atomic mass is 9.86. The lowest BCUT2D eigenvalue weighted by Crippen LogP contribution is -2.39. The molecule has 2 aliphatic rings. The largest absolute Gasteiger partial charge is 0.361 e. The number of rotatable bonds is 7. The molecule has 5 rings (SSSR count). The lowest BCUT2D eigenvalue weighted by Gasteiger charge is -2.28. The van der Waals surface area contributed by atoms with Crippen LogP contribution in [0, 0.1) is 17.2 Å². The van der Waals surface area contributed by atoms with Gasteiger partial charge in [-0.1, -0.05) is 25.3 Å². The van der Waals surface area contributed by atoms with Crippen LogP contribution in [0.15, 0.2) is 48.8 Å². The molecule has 1 unspecified atom stereocenters. The third-order valence-electron chi connectivity index (χ3n) is 7.61. The fourth-order valence-corrected chi connectivity index (χ4v) is 5.71. The number of nitrogens with zero attached hydrogens (tertiary/aromatic N) is 4. The Bertz CT molecular complexity index is 1160. The molecule has 6 heteroatoms. The van der Waals surface area contributed by atoms with Crippen molar-refractivity contribution >= 4 is 22.6 Å². The Labute approximate surface area is 201 Å². The first-order valence-electron chi connectivity index (χ1n) is 12.7. The molecule has 0 radical (unpaired) electrons. The number of aromatic amines is 1. The molecular weight excluding hydrogens is 422 g/mol. The molecule has 176 valence electrons. The van der Waals surface area contributed by atoms with E-state index in [1.54, 1.807) is 6.20 Å². The number of likely N-dealkylation sites (tertiary alicyclic amines) is 1. The number of nitrogens with one attached hydrogen (secondary N) is 1. The quantitative estimate of drug-likeness (QED) is 0.529. The predicted octanol–water partition coefficient (Wildman–Crippen LogP) is 5.23. The minimum absolute atomic E-state index is 0.210. The number of pyridine rings is 1. The van der Waals surface area contributed by atoms with Gasteiger partial charge in [-0.15, -0.1) is 0 Å². The van der Waals surface area contributed by atoms with Gasteiger partial charge in [-0.25, -0.2) is 4.98 Å². The highest BCUT2D eigenvalue weighted by molar-refractivity contribution is 5.92. The number of hydrogen-bond donors (Lipinski definition) is 1. The zero-order valence-electron chi connectivity index (χ0n) is 19.7. The molecule has 34 heavy (non-hydrogen) atoms. The van der Waals surface area contributed by atoms with Crippen LogP contribution < -0.4 is 4.90 Å². The highest BCUT2D eigenvalue weighted by atomic mass is 16.2. The molecule has 0 spiro atoms. The first kappa shape index (κ1) is 22.6. The molecule has 1 saturated carbocycles. The van der Waals surface area contributed by atoms with Gasteiger partial charge in [-0.3, -0.25) is 9.69 Å². The van der Waals surface area contributed by atoms with Crippen molar-refractivity contribution in [2.45, 2.75) is 50.9 Å². The summed E-state index contributed by atoms with van der Waals surface area (Å²) in [5.41, 5.74) is 3.08. The van der Waals surface area contributed by atoms with E-state index in [1.807, 2.05) is 41.3 Å². The smallest absolute Gasteiger partial charge is 0.228 e. The number of H-pyrrole nitrogens is 1. The number of anilines is 1. The summed E-state index contributed by atoms with van der Waals surface area (Å²) in [5, 5.41) is 10.4. The van der Waals surface area contributed by atoms with E-state index in [9.17, 15) is 10.1 Å². The Morgan fingerprint density at radius 3 is 2.85 bits per heavy atom. The summed E-state index contributed by atoms with van der Waals surface area (Å²) >= 11 is 0. The maximum atomic E-state index is 13.3. The molecule has 3 heterocycles. The zero-order valence-corrected chi connectivity index (χ0v) is 19.7. The topological polar surface area (TPSA) is 76.0 Å². The Hall–Kier alpha value is -3.17. The highest BCUT2D eigenvalue weighted by Gasteiger charge is 2.28. The third kappa shape index (κ3) is 5.00. The van der Waals surface area contributed by atoms with Crippen LogP contribution in [-0.4, -0.2) is 47.0 Å². The van der Waals surface area contributed by atoms with E-state index < -0.39 is 0 Å². The van der Waals surface area contributed by atoms with Crippen molar-refractivity contribution in [1.29, 1.82) is 5.26 Å². The SMILES string of the molecule is N#Cc1ccc2[nH]cc(C3CCN(CCN(C(=O)CC4CCCCC4)c4ccccn4)C3)c2c1. The van der Waals surface area contributed by atoms with Crippen molar-refractivity contribution in [2.75, 3.05) is 31.1 Å². The van der Waals surface area contributed by atoms with Crippen LogP contribution in [-0.2, 0) is 4.79 Å². The molecule has 1 atom stereocenters. The number of hydrogen-bond acceptors (Lipinski definition) is 4. The minimum Gasteiger partial charge on any atom is -0.361 e. The standard InChI is InChI=1S/C28H33N5O/c29-18-22-9-10-26-24(16-22)25(19-31-26)23-11-13-32(20-23)14-15-33(27-8-4-5-12-30-27)28(34)17-21-6-2-1-3-7-21/h4-5,8-10,12,16,19,21,23,31H,1-3,6-7,11,13-15,17,20H2. The summed E-state index contributed by atoms with van der Waals surface area (Å²) in [5.74, 6) is 1.93. The van der Waals surface area contributed by atoms with Crippen molar-refractivity contribution < 1.29 is 4.79 Å². The molecule has 1 amide bonds. The number of fused-ring (bicyclic) bond motifs is 1. The summed E-state index contributed by atoms with van der Waals surface area (Å²) < 4.78 is 0. The summed E-state index contributed by atoms with van der Waals surface area (Å²) in [6.07, 6.45) is 11.8. The fourth-order valence-electron chi connectivity index (χ4n) is 5.71. The van der Waals surface area contributed by atoms with E-state index in [1.165, 1.54) is 37.7 Å². The average molecular weight is 456 g/mol. The number of carbonyl (C=O) groups is 1. The van der Waals surface area contributed by atoms with Crippen LogP contribution in [0.1, 0.15) is 62.0 Å². The van der Waals surface area contributed by atoms with Gasteiger partial charge in [0.05, 0.1) is 11.6 Å². The molecule has 6 nitrogen and oxygen atoms in total. The summed E-state index contributed by atoms with van der Waals surface area (Å²) in [4.78, 5) is 25.5. The van der Waals surface area contributed by atoms with Crippen molar-refractivity contribution in [3.63, 3.8) is 0 Å². The van der Waals surface area contributed by atoms with Crippen LogP contribution >= 0.6 is 0 Å². The van der Waals surface area contributed by atoms with Crippen LogP contribution in [0.25, 0.3) is 10.9 Å². The van der Waals surface area contributed by atoms with Gasteiger partial charge < -0.3 is 9.88 Å². The predicted molar refractivity (Wildman–Crippen MR) is 135 cm³/mol. The Morgan fingerprint density at radius 2 is 2.06 bits per heavy atom. The van der Waals surface area contributed by atoms with Crippen LogP contribution in [0.4, 0.5) is 5.82 Å². The Balaban J connectivity index is 1.24. The van der Waals surface area contributed by atoms with Gasteiger partial charge >= 0.3 is 0 Å². The number of benzene rings is 1. The number of amides is 1. The summed E-state index contributed by atoms with van der Waals surface area (Å²) in [6, 6.07) is 13.9. The molecule has 2 aromatic heterocycles. The second-order valence-electron chi connectivity index (χ2n) is 9.84. The van der Waals surface area contributed by atoms with E-state index in [2.05, 4.69) is 27.1 Å². The molecule has 2 fully saturated rings. The van der Waals surface area contributed by atoms with E-state index >= 15 is 0 Å². The van der Waals surface area contributed by atoms with Crippen molar-refractivity contribution in [3.8, 4) is 6.07 Å². The first-order chi connectivity index (χ1) is 16.7. The van der Waals surface area contributed by atoms with Gasteiger partial charge in [0.25, 0.3) is 0 Å². The second kappa shape index (κ2) is 10.4. The van der Waals surface area contributed by atoms with Gasteiger partial charge in [0, 0.05) is 49.4 Å². The molecule has 1 aliphatic heterocycles. The Morgan fingerprint density at radius 1 is 1.18 bits per heavy atom. The van der Waals surface area contributed by atoms with Gasteiger partial charge in [-0.2, -0.15) is 5.26 Å². The lowest BCUT2D eigenvalue weighted by molar-refractivity contribution is -0.119. The van der Waals surface area contributed by atoms with Crippen LogP contribution in [0.2, 0.25) is 0 Å². The monoisotopic (exact) mass is 455 g/mol. The maximum Gasteiger partial charge on any atom is 0.228 e. The van der Waals surface area contributed by atoms with Gasteiger partial charge in [0.15, 0.2) is 0 Å². The van der Waals surface area contributed by atoms with Crippen molar-refractivity contribution in [1.82, 2.24) is 14.9 Å². The first-order valence-corrected chi connectivity index (χ1v) is 12.7. The van der Waals surface area contributed by atoms with E-state index in [4.69, 9.17) is 0 Å². The molecule has 3 aromatic rings. The number of carbonyl (C=O) groups excluding carboxylic acids is 1. The zero-order chi connectivity index (χ0) is 23.3. The van der Waals surface area contributed by atoms with Gasteiger partial charge in [0.2, 0.25) is 5.91 Å². The van der Waals surface area contributed by atoms with Crippen molar-refractivity contribution in [3.05, 3.63) is 59.9 Å². The van der Waals surface area contributed by atoms with Crippen LogP contribution in [0.5, 0.6) is 0 Å². The summed E-state index contributed by atoms with van der Waals surface area (Å²) in [7, 11) is 0. The molecule has 0 bridgehead atoms. The summed E-state index contributed by atoms with van der Waals surface area (Å²) in [6.45, 7) is 3.50.